The quantitative estimate of drug-likeness (QED) is 0.489. The van der Waals surface area contributed by atoms with Crippen LogP contribution in [-0.2, 0) is 14.3 Å². The molecule has 1 aliphatic heterocycles. The van der Waals surface area contributed by atoms with Crippen LogP contribution in [0.5, 0.6) is 0 Å². The number of Topliss-reactive ketones (excluding diaryl/α,β-unsaturated/α-hetero) is 1. The Morgan fingerprint density at radius 2 is 2.00 bits per heavy atom. The van der Waals surface area contributed by atoms with Crippen molar-refractivity contribution in [3.8, 4) is 0 Å². The third-order valence-corrected chi connectivity index (χ3v) is 5.30. The van der Waals surface area contributed by atoms with Crippen molar-refractivity contribution in [1.82, 2.24) is 0 Å². The number of hydrogen-bond acceptors (Lipinski definition) is 3. The number of ether oxygens (including phenoxy) is 1. The van der Waals surface area contributed by atoms with Crippen LogP contribution in [0, 0.1) is 17.3 Å². The largest absolute Gasteiger partial charge is 0.457 e. The van der Waals surface area contributed by atoms with Gasteiger partial charge in [0.15, 0.2) is 0 Å². The SMILES string of the molecule is CC1=C2C3OC(=O)C(C)C3CCC2(C)C(=O)CC1. The highest BCUT2D eigenvalue weighted by Crippen LogP contribution is 2.53. The molecule has 3 aliphatic rings. The summed E-state index contributed by atoms with van der Waals surface area (Å²) < 4.78 is 5.58. The molecule has 0 bridgehead atoms. The number of ketones is 1. The van der Waals surface area contributed by atoms with Gasteiger partial charge in [-0.15, -0.1) is 0 Å². The first kappa shape index (κ1) is 11.9. The molecular formula is C15H20O3. The first-order valence-corrected chi connectivity index (χ1v) is 6.89. The lowest BCUT2D eigenvalue weighted by molar-refractivity contribution is -0.144. The van der Waals surface area contributed by atoms with Gasteiger partial charge in [0, 0.05) is 12.3 Å². The number of rotatable bonds is 0. The fourth-order valence-corrected chi connectivity index (χ4v) is 4.05. The summed E-state index contributed by atoms with van der Waals surface area (Å²) in [5, 5.41) is 0. The van der Waals surface area contributed by atoms with Gasteiger partial charge in [0.2, 0.25) is 0 Å². The van der Waals surface area contributed by atoms with Gasteiger partial charge in [-0.1, -0.05) is 12.5 Å². The minimum absolute atomic E-state index is 0.0168. The van der Waals surface area contributed by atoms with Crippen LogP contribution in [0.4, 0.5) is 0 Å². The number of hydrogen-bond donors (Lipinski definition) is 0. The molecule has 1 heterocycles. The Hall–Kier alpha value is -1.12. The third kappa shape index (κ3) is 1.36. The zero-order valence-corrected chi connectivity index (χ0v) is 11.3. The first-order valence-electron chi connectivity index (χ1n) is 6.89. The molecule has 1 saturated carbocycles. The van der Waals surface area contributed by atoms with Gasteiger partial charge in [-0.05, 0) is 38.7 Å². The monoisotopic (exact) mass is 248 g/mol. The molecule has 1 saturated heterocycles. The van der Waals surface area contributed by atoms with E-state index in [4.69, 9.17) is 4.74 Å². The van der Waals surface area contributed by atoms with Crippen molar-refractivity contribution >= 4 is 11.8 Å². The Labute approximate surface area is 108 Å². The smallest absolute Gasteiger partial charge is 0.309 e. The highest BCUT2D eigenvalue weighted by molar-refractivity contribution is 5.90. The molecule has 2 fully saturated rings. The molecular weight excluding hydrogens is 228 g/mol. The van der Waals surface area contributed by atoms with Crippen molar-refractivity contribution < 1.29 is 14.3 Å². The molecule has 0 aromatic carbocycles. The van der Waals surface area contributed by atoms with Crippen molar-refractivity contribution in [2.45, 2.75) is 52.6 Å². The standard InChI is InChI=1S/C15H20O3/c1-8-4-5-11(16)15(3)7-6-10-9(2)14(17)18-13(10)12(8)15/h9-10,13H,4-7H2,1-3H3. The molecule has 0 aromatic rings. The Kier molecular flexibility index (Phi) is 2.45. The highest BCUT2D eigenvalue weighted by Gasteiger charge is 2.55. The second-order valence-corrected chi connectivity index (χ2v) is 6.30. The second-order valence-electron chi connectivity index (χ2n) is 6.30. The number of carbonyl (C=O) groups excluding carboxylic acids is 2. The van der Waals surface area contributed by atoms with Gasteiger partial charge < -0.3 is 4.74 Å². The average molecular weight is 248 g/mol. The predicted octanol–water partition coefficient (Wildman–Crippen LogP) is 2.64. The highest BCUT2D eigenvalue weighted by atomic mass is 16.6. The molecule has 0 radical (unpaired) electrons. The number of carbonyl (C=O) groups is 2. The molecule has 3 rings (SSSR count). The molecule has 0 N–H and O–H groups in total. The Morgan fingerprint density at radius 3 is 2.72 bits per heavy atom. The Bertz CT molecular complexity index is 462. The molecule has 3 heteroatoms. The van der Waals surface area contributed by atoms with Crippen LogP contribution in [0.15, 0.2) is 11.1 Å². The maximum atomic E-state index is 12.3. The van der Waals surface area contributed by atoms with Gasteiger partial charge in [0.1, 0.15) is 11.9 Å². The van der Waals surface area contributed by atoms with Crippen LogP contribution in [0.25, 0.3) is 0 Å². The van der Waals surface area contributed by atoms with Crippen molar-refractivity contribution in [2.75, 3.05) is 0 Å². The zero-order valence-electron chi connectivity index (χ0n) is 11.3. The average Bonchev–Trinajstić information content (AvgIpc) is 2.60. The molecule has 18 heavy (non-hydrogen) atoms. The number of allylic oxidation sites excluding steroid dienone is 1. The third-order valence-electron chi connectivity index (χ3n) is 5.30. The van der Waals surface area contributed by atoms with E-state index in [9.17, 15) is 9.59 Å². The lowest BCUT2D eigenvalue weighted by Crippen LogP contribution is -2.45. The summed E-state index contributed by atoms with van der Waals surface area (Å²) in [5.74, 6) is 0.503. The van der Waals surface area contributed by atoms with Gasteiger partial charge in [-0.3, -0.25) is 9.59 Å². The summed E-state index contributed by atoms with van der Waals surface area (Å²) in [4.78, 5) is 24.1. The van der Waals surface area contributed by atoms with E-state index in [0.717, 1.165) is 24.8 Å². The summed E-state index contributed by atoms with van der Waals surface area (Å²) in [7, 11) is 0. The Balaban J connectivity index is 2.08. The molecule has 3 nitrogen and oxygen atoms in total. The van der Waals surface area contributed by atoms with Crippen molar-refractivity contribution in [1.29, 1.82) is 0 Å². The fraction of sp³-hybridized carbons (Fsp3) is 0.733. The van der Waals surface area contributed by atoms with E-state index >= 15 is 0 Å². The van der Waals surface area contributed by atoms with Crippen LogP contribution in [0.1, 0.15) is 46.5 Å². The Morgan fingerprint density at radius 1 is 1.28 bits per heavy atom. The van der Waals surface area contributed by atoms with Crippen LogP contribution >= 0.6 is 0 Å². The molecule has 4 atom stereocenters. The first-order chi connectivity index (χ1) is 8.45. The maximum absolute atomic E-state index is 12.3. The van der Waals surface area contributed by atoms with Gasteiger partial charge in [0.05, 0.1) is 11.3 Å². The molecule has 4 unspecified atom stereocenters. The van der Waals surface area contributed by atoms with E-state index in [1.807, 2.05) is 13.8 Å². The van der Waals surface area contributed by atoms with Crippen LogP contribution < -0.4 is 0 Å². The topological polar surface area (TPSA) is 43.4 Å². The second kappa shape index (κ2) is 3.69. The van der Waals surface area contributed by atoms with E-state index in [0.29, 0.717) is 12.2 Å². The molecule has 0 amide bonds. The molecule has 2 aliphatic carbocycles. The molecule has 98 valence electrons. The molecule has 0 aromatic heterocycles. The summed E-state index contributed by atoms with van der Waals surface area (Å²) in [6.07, 6.45) is 3.15. The molecule has 0 spiro atoms. The van der Waals surface area contributed by atoms with Gasteiger partial charge in [-0.2, -0.15) is 0 Å². The number of fused-ring (bicyclic) bond motifs is 3. The lowest BCUT2D eigenvalue weighted by atomic mass is 9.59. The van der Waals surface area contributed by atoms with E-state index in [1.165, 1.54) is 5.57 Å². The van der Waals surface area contributed by atoms with Crippen molar-refractivity contribution in [3.05, 3.63) is 11.1 Å². The summed E-state index contributed by atoms with van der Waals surface area (Å²) in [5.41, 5.74) is 2.04. The summed E-state index contributed by atoms with van der Waals surface area (Å²) >= 11 is 0. The minimum atomic E-state index is -0.367. The van der Waals surface area contributed by atoms with Crippen LogP contribution in [0.2, 0.25) is 0 Å². The van der Waals surface area contributed by atoms with E-state index in [2.05, 4.69) is 6.92 Å². The minimum Gasteiger partial charge on any atom is -0.457 e. The van der Waals surface area contributed by atoms with Crippen molar-refractivity contribution in [2.24, 2.45) is 17.3 Å². The predicted molar refractivity (Wildman–Crippen MR) is 66.8 cm³/mol. The van der Waals surface area contributed by atoms with E-state index in [-0.39, 0.29) is 29.3 Å². The van der Waals surface area contributed by atoms with Crippen molar-refractivity contribution in [3.63, 3.8) is 0 Å². The normalized spacial score (nSPS) is 43.6. The lowest BCUT2D eigenvalue weighted by Gasteiger charge is -2.44. The maximum Gasteiger partial charge on any atom is 0.309 e. The summed E-state index contributed by atoms with van der Waals surface area (Å²) in [6, 6.07) is 0. The van der Waals surface area contributed by atoms with Crippen LogP contribution in [0.3, 0.4) is 0 Å². The number of esters is 1. The zero-order chi connectivity index (χ0) is 13.1. The van der Waals surface area contributed by atoms with E-state index in [1.54, 1.807) is 0 Å². The van der Waals surface area contributed by atoms with Gasteiger partial charge in [0.25, 0.3) is 0 Å². The van der Waals surface area contributed by atoms with Gasteiger partial charge >= 0.3 is 5.97 Å². The van der Waals surface area contributed by atoms with Crippen LogP contribution in [-0.4, -0.2) is 17.9 Å². The summed E-state index contributed by atoms with van der Waals surface area (Å²) in [6.45, 7) is 6.09. The fourth-order valence-electron chi connectivity index (χ4n) is 4.05. The van der Waals surface area contributed by atoms with Gasteiger partial charge in [-0.25, -0.2) is 0 Å². The van der Waals surface area contributed by atoms with E-state index < -0.39 is 0 Å².